The van der Waals surface area contributed by atoms with Crippen molar-refractivity contribution in [3.05, 3.63) is 23.0 Å². The molecule has 2 aliphatic carbocycles. The highest BCUT2D eigenvalue weighted by Crippen LogP contribution is 2.39. The van der Waals surface area contributed by atoms with Crippen molar-refractivity contribution >= 4 is 23.3 Å². The van der Waals surface area contributed by atoms with Gasteiger partial charge in [-0.1, -0.05) is 11.6 Å². The summed E-state index contributed by atoms with van der Waals surface area (Å²) in [6, 6.07) is 2.09. The van der Waals surface area contributed by atoms with Crippen LogP contribution >= 0.6 is 11.6 Å². The Kier molecular flexibility index (Phi) is 2.95. The number of hydrogen-bond acceptors (Lipinski definition) is 4. The van der Waals surface area contributed by atoms with E-state index in [1.165, 1.54) is 42.6 Å². The predicted octanol–water partition coefficient (Wildman–Crippen LogP) is 3.05. The number of nitrogens with zero attached hydrogens (tertiary/aromatic N) is 2. The lowest BCUT2D eigenvalue weighted by Gasteiger charge is -2.28. The second kappa shape index (κ2) is 4.81. The van der Waals surface area contributed by atoms with Crippen LogP contribution in [-0.4, -0.2) is 21.7 Å². The molecule has 1 saturated carbocycles. The van der Waals surface area contributed by atoms with Crippen LogP contribution in [0.15, 0.2) is 22.3 Å². The van der Waals surface area contributed by atoms with E-state index in [4.69, 9.17) is 11.6 Å². The molecule has 0 bridgehead atoms. The first kappa shape index (κ1) is 12.3. The Morgan fingerprint density at radius 3 is 2.95 bits per heavy atom. The lowest BCUT2D eigenvalue weighted by molar-refractivity contribution is 0.604. The standard InChI is InChI=1S/C14H18ClN5/c15-14-16-10-4-2-1-3-9(10)13(18-14)17-12-7-11(19-20-12)8-5-6-8/h7-8,14,16H,1-6H2,(H2,17,18,19,20). The smallest absolute Gasteiger partial charge is 0.197 e. The Bertz CT molecular complexity index is 584. The van der Waals surface area contributed by atoms with Crippen molar-refractivity contribution in [1.29, 1.82) is 0 Å². The van der Waals surface area contributed by atoms with E-state index in [0.717, 1.165) is 24.5 Å². The average molecular weight is 292 g/mol. The summed E-state index contributed by atoms with van der Waals surface area (Å²) in [5.74, 6) is 2.40. The Hall–Kier alpha value is -1.49. The highest BCUT2D eigenvalue weighted by molar-refractivity contribution is 6.22. The van der Waals surface area contributed by atoms with E-state index in [1.54, 1.807) is 0 Å². The molecule has 0 aromatic carbocycles. The van der Waals surface area contributed by atoms with E-state index in [1.807, 2.05) is 0 Å². The molecule has 1 unspecified atom stereocenters. The number of nitrogens with one attached hydrogen (secondary N) is 3. The summed E-state index contributed by atoms with van der Waals surface area (Å²) in [7, 11) is 0. The SMILES string of the molecule is ClC1N=C(Nc2cc(C3CC3)[nH]n2)C2=C(CCCC2)N1. The zero-order chi connectivity index (χ0) is 13.5. The van der Waals surface area contributed by atoms with Gasteiger partial charge in [0.25, 0.3) is 0 Å². The summed E-state index contributed by atoms with van der Waals surface area (Å²) in [6.07, 6.45) is 7.08. The Morgan fingerprint density at radius 1 is 1.25 bits per heavy atom. The van der Waals surface area contributed by atoms with Crippen LogP contribution in [-0.2, 0) is 0 Å². The number of aliphatic imine (C=N–C) groups is 1. The van der Waals surface area contributed by atoms with Crippen molar-refractivity contribution < 1.29 is 0 Å². The first-order valence-electron chi connectivity index (χ1n) is 7.33. The molecule has 1 atom stereocenters. The fourth-order valence-electron chi connectivity index (χ4n) is 2.93. The van der Waals surface area contributed by atoms with Gasteiger partial charge in [0.2, 0.25) is 0 Å². The van der Waals surface area contributed by atoms with Gasteiger partial charge < -0.3 is 10.6 Å². The topological polar surface area (TPSA) is 65.1 Å². The van der Waals surface area contributed by atoms with Crippen LogP contribution in [0.1, 0.15) is 50.1 Å². The van der Waals surface area contributed by atoms with Gasteiger partial charge in [0.1, 0.15) is 5.84 Å². The number of hydrogen-bond donors (Lipinski definition) is 3. The lowest BCUT2D eigenvalue weighted by atomic mass is 9.94. The summed E-state index contributed by atoms with van der Waals surface area (Å²) < 4.78 is 0. The normalized spacial score (nSPS) is 25.9. The molecule has 1 aliphatic heterocycles. The molecule has 20 heavy (non-hydrogen) atoms. The monoisotopic (exact) mass is 291 g/mol. The molecule has 6 heteroatoms. The third-order valence-electron chi connectivity index (χ3n) is 4.15. The molecule has 0 amide bonds. The number of anilines is 1. The fourth-order valence-corrected chi connectivity index (χ4v) is 3.16. The molecule has 1 aromatic rings. The quantitative estimate of drug-likeness (QED) is 0.579. The summed E-state index contributed by atoms with van der Waals surface area (Å²) >= 11 is 6.16. The predicted molar refractivity (Wildman–Crippen MR) is 79.9 cm³/mol. The van der Waals surface area contributed by atoms with Crippen molar-refractivity contribution in [3.63, 3.8) is 0 Å². The maximum absolute atomic E-state index is 6.16. The van der Waals surface area contributed by atoms with Crippen LogP contribution in [0.4, 0.5) is 5.82 Å². The van der Waals surface area contributed by atoms with Gasteiger partial charge in [0.05, 0.1) is 0 Å². The largest absolute Gasteiger partial charge is 0.354 e. The third kappa shape index (κ3) is 2.30. The van der Waals surface area contributed by atoms with Gasteiger partial charge in [-0.2, -0.15) is 5.10 Å². The number of alkyl halides is 1. The zero-order valence-electron chi connectivity index (χ0n) is 11.2. The second-order valence-electron chi connectivity index (χ2n) is 5.73. The molecule has 1 aromatic heterocycles. The van der Waals surface area contributed by atoms with Crippen LogP contribution in [0.3, 0.4) is 0 Å². The first-order chi connectivity index (χ1) is 9.79. The van der Waals surface area contributed by atoms with E-state index in [-0.39, 0.29) is 5.62 Å². The van der Waals surface area contributed by atoms with E-state index in [0.29, 0.717) is 5.92 Å². The number of halogens is 1. The first-order valence-corrected chi connectivity index (χ1v) is 7.76. The van der Waals surface area contributed by atoms with Crippen LogP contribution in [0.2, 0.25) is 0 Å². The number of allylic oxidation sites excluding steroid dienone is 1. The average Bonchev–Trinajstić information content (AvgIpc) is 3.19. The third-order valence-corrected chi connectivity index (χ3v) is 4.36. The summed E-state index contributed by atoms with van der Waals surface area (Å²) in [5, 5.41) is 14.0. The van der Waals surface area contributed by atoms with E-state index < -0.39 is 0 Å². The minimum atomic E-state index is -0.379. The maximum atomic E-state index is 6.16. The maximum Gasteiger partial charge on any atom is 0.197 e. The molecule has 2 heterocycles. The zero-order valence-corrected chi connectivity index (χ0v) is 12.0. The lowest BCUT2D eigenvalue weighted by Crippen LogP contribution is -2.35. The Labute approximate surface area is 122 Å². The van der Waals surface area contributed by atoms with Crippen LogP contribution in [0.25, 0.3) is 0 Å². The molecule has 0 radical (unpaired) electrons. The molecule has 0 spiro atoms. The van der Waals surface area contributed by atoms with Gasteiger partial charge in [-0.05, 0) is 38.5 Å². The van der Waals surface area contributed by atoms with Crippen LogP contribution in [0, 0.1) is 0 Å². The van der Waals surface area contributed by atoms with Crippen molar-refractivity contribution in [2.45, 2.75) is 50.1 Å². The molecule has 1 fully saturated rings. The van der Waals surface area contributed by atoms with Gasteiger partial charge in [0.15, 0.2) is 11.4 Å². The number of amidine groups is 1. The van der Waals surface area contributed by atoms with Crippen molar-refractivity contribution in [1.82, 2.24) is 15.5 Å². The molecule has 3 aliphatic rings. The van der Waals surface area contributed by atoms with Gasteiger partial charge >= 0.3 is 0 Å². The number of aromatic nitrogens is 2. The highest BCUT2D eigenvalue weighted by Gasteiger charge is 2.27. The van der Waals surface area contributed by atoms with E-state index in [9.17, 15) is 0 Å². The van der Waals surface area contributed by atoms with E-state index in [2.05, 4.69) is 31.9 Å². The minimum Gasteiger partial charge on any atom is -0.354 e. The van der Waals surface area contributed by atoms with Gasteiger partial charge in [-0.25, -0.2) is 4.99 Å². The molecule has 5 nitrogen and oxygen atoms in total. The Balaban J connectivity index is 1.57. The number of rotatable bonds is 2. The molecule has 106 valence electrons. The number of H-pyrrole nitrogens is 1. The fraction of sp³-hybridized carbons (Fsp3) is 0.571. The Morgan fingerprint density at radius 2 is 2.10 bits per heavy atom. The number of aromatic amines is 1. The minimum absolute atomic E-state index is 0.379. The van der Waals surface area contributed by atoms with Gasteiger partial charge in [-0.3, -0.25) is 5.10 Å². The van der Waals surface area contributed by atoms with Crippen LogP contribution < -0.4 is 10.6 Å². The molecule has 0 saturated heterocycles. The van der Waals surface area contributed by atoms with Crippen molar-refractivity contribution in [2.75, 3.05) is 5.32 Å². The van der Waals surface area contributed by atoms with Crippen molar-refractivity contribution in [2.24, 2.45) is 4.99 Å². The second-order valence-corrected chi connectivity index (χ2v) is 6.14. The van der Waals surface area contributed by atoms with Gasteiger partial charge in [0, 0.05) is 28.9 Å². The van der Waals surface area contributed by atoms with Gasteiger partial charge in [-0.15, -0.1) is 0 Å². The summed E-state index contributed by atoms with van der Waals surface area (Å²) in [6.45, 7) is 0. The summed E-state index contributed by atoms with van der Waals surface area (Å²) in [5.41, 5.74) is 3.36. The van der Waals surface area contributed by atoms with Crippen LogP contribution in [0.5, 0.6) is 0 Å². The molecule has 4 rings (SSSR count). The summed E-state index contributed by atoms with van der Waals surface area (Å²) in [4.78, 5) is 4.48. The van der Waals surface area contributed by atoms with E-state index >= 15 is 0 Å². The van der Waals surface area contributed by atoms with Crippen molar-refractivity contribution in [3.8, 4) is 0 Å². The highest BCUT2D eigenvalue weighted by atomic mass is 35.5. The molecular formula is C14H18ClN5. The molecule has 3 N–H and O–H groups in total. The molecular weight excluding hydrogens is 274 g/mol.